The summed E-state index contributed by atoms with van der Waals surface area (Å²) in [6, 6.07) is 7.67. The molecule has 1 rings (SSSR count). The highest BCUT2D eigenvalue weighted by atomic mass is 35.5. The van der Waals surface area contributed by atoms with Gasteiger partial charge in [0.1, 0.15) is 0 Å². The number of aryl methyl sites for hydroxylation is 1. The van der Waals surface area contributed by atoms with E-state index >= 15 is 0 Å². The maximum atomic E-state index is 12.5. The summed E-state index contributed by atoms with van der Waals surface area (Å²) in [6.07, 6.45) is 3.18. The normalized spacial score (nSPS) is 10.8. The van der Waals surface area contributed by atoms with E-state index in [-0.39, 0.29) is 24.4 Å². The highest BCUT2D eigenvalue weighted by Crippen LogP contribution is 2.12. The number of carbonyl (C=O) groups is 2. The molecule has 0 saturated heterocycles. The number of methoxy groups -OCH3 is 1. The van der Waals surface area contributed by atoms with Crippen LogP contribution in [0.4, 0.5) is 0 Å². The molecule has 0 aliphatic rings. The number of halogens is 1. The molecule has 0 aliphatic carbocycles. The highest BCUT2D eigenvalue weighted by Gasteiger charge is 2.15. The van der Waals surface area contributed by atoms with Gasteiger partial charge in [-0.3, -0.25) is 9.59 Å². The lowest BCUT2D eigenvalue weighted by Crippen LogP contribution is -2.34. The molecular weight excluding hydrogens is 354 g/mol. The summed E-state index contributed by atoms with van der Waals surface area (Å²) >= 11 is 5.88. The maximum Gasteiger partial charge on any atom is 0.307 e. The first-order valence-electron chi connectivity index (χ1n) is 9.13. The Morgan fingerprint density at radius 1 is 1.08 bits per heavy atom. The average molecular weight is 384 g/mol. The van der Waals surface area contributed by atoms with Gasteiger partial charge in [-0.1, -0.05) is 23.7 Å². The van der Waals surface area contributed by atoms with E-state index < -0.39 is 0 Å². The number of ether oxygens (including phenoxy) is 2. The standard InChI is InChI=1S/C20H30ClNO4/c1-16(2)26-15-5-13-22(14-12-20(24)25-3)19(23)7-4-6-17-8-10-18(21)11-9-17/h8-11,16H,4-7,12-15H2,1-3H3. The molecule has 0 saturated carbocycles. The van der Waals surface area contributed by atoms with Crippen molar-refractivity contribution in [1.29, 1.82) is 0 Å². The molecule has 26 heavy (non-hydrogen) atoms. The molecule has 146 valence electrons. The van der Waals surface area contributed by atoms with Crippen molar-refractivity contribution in [3.05, 3.63) is 34.9 Å². The molecule has 6 heteroatoms. The number of benzene rings is 1. The quantitative estimate of drug-likeness (QED) is 0.406. The lowest BCUT2D eigenvalue weighted by atomic mass is 10.1. The molecule has 0 fully saturated rings. The van der Waals surface area contributed by atoms with E-state index in [0.29, 0.717) is 31.1 Å². The Morgan fingerprint density at radius 2 is 1.77 bits per heavy atom. The highest BCUT2D eigenvalue weighted by molar-refractivity contribution is 6.30. The Kier molecular flexibility index (Phi) is 11.0. The van der Waals surface area contributed by atoms with Crippen molar-refractivity contribution in [2.45, 2.75) is 52.1 Å². The fourth-order valence-corrected chi connectivity index (χ4v) is 2.64. The van der Waals surface area contributed by atoms with Crippen molar-refractivity contribution in [3.63, 3.8) is 0 Å². The SMILES string of the molecule is COC(=O)CCN(CCCOC(C)C)C(=O)CCCc1ccc(Cl)cc1. The predicted octanol–water partition coefficient (Wildman–Crippen LogP) is 3.87. The third kappa shape index (κ3) is 9.78. The first kappa shape index (κ1) is 22.5. The fraction of sp³-hybridized carbons (Fsp3) is 0.600. The number of amides is 1. The van der Waals surface area contributed by atoms with E-state index in [1.54, 1.807) is 4.90 Å². The van der Waals surface area contributed by atoms with Crippen LogP contribution in [0.5, 0.6) is 0 Å². The molecule has 1 aromatic rings. The van der Waals surface area contributed by atoms with Crippen LogP contribution in [0.2, 0.25) is 5.02 Å². The zero-order chi connectivity index (χ0) is 19.4. The fourth-order valence-electron chi connectivity index (χ4n) is 2.52. The predicted molar refractivity (Wildman–Crippen MR) is 103 cm³/mol. The molecule has 0 atom stereocenters. The second-order valence-electron chi connectivity index (χ2n) is 6.46. The summed E-state index contributed by atoms with van der Waals surface area (Å²) in [5.41, 5.74) is 1.16. The molecule has 0 radical (unpaired) electrons. The van der Waals surface area contributed by atoms with Gasteiger partial charge in [0.05, 0.1) is 19.6 Å². The first-order chi connectivity index (χ1) is 12.4. The summed E-state index contributed by atoms with van der Waals surface area (Å²) in [6.45, 7) is 5.54. The Labute approximate surface area is 161 Å². The number of nitrogens with zero attached hydrogens (tertiary/aromatic N) is 1. The lowest BCUT2D eigenvalue weighted by molar-refractivity contribution is -0.141. The molecule has 5 nitrogen and oxygen atoms in total. The third-order valence-corrected chi connectivity index (χ3v) is 4.21. The van der Waals surface area contributed by atoms with Crippen LogP contribution in [0.25, 0.3) is 0 Å². The van der Waals surface area contributed by atoms with Gasteiger partial charge in [0.25, 0.3) is 0 Å². The number of rotatable bonds is 12. The summed E-state index contributed by atoms with van der Waals surface area (Å²) in [5.74, 6) is -0.241. The topological polar surface area (TPSA) is 55.8 Å². The van der Waals surface area contributed by atoms with Gasteiger partial charge in [0.2, 0.25) is 5.91 Å². The number of carbonyl (C=O) groups excluding carboxylic acids is 2. The van der Waals surface area contributed by atoms with Crippen molar-refractivity contribution >= 4 is 23.5 Å². The zero-order valence-corrected chi connectivity index (χ0v) is 16.8. The molecule has 0 spiro atoms. The Morgan fingerprint density at radius 3 is 2.38 bits per heavy atom. The van der Waals surface area contributed by atoms with E-state index in [4.69, 9.17) is 16.3 Å². The van der Waals surface area contributed by atoms with Gasteiger partial charge in [0, 0.05) is 31.1 Å². The monoisotopic (exact) mass is 383 g/mol. The van der Waals surface area contributed by atoms with Crippen LogP contribution < -0.4 is 0 Å². The molecule has 0 heterocycles. The minimum Gasteiger partial charge on any atom is -0.469 e. The van der Waals surface area contributed by atoms with Gasteiger partial charge in [-0.25, -0.2) is 0 Å². The van der Waals surface area contributed by atoms with Gasteiger partial charge in [-0.2, -0.15) is 0 Å². The number of hydrogen-bond acceptors (Lipinski definition) is 4. The van der Waals surface area contributed by atoms with Crippen LogP contribution in [0, 0.1) is 0 Å². The Hall–Kier alpha value is -1.59. The van der Waals surface area contributed by atoms with Gasteiger partial charge >= 0.3 is 5.97 Å². The first-order valence-corrected chi connectivity index (χ1v) is 9.50. The molecule has 0 aromatic heterocycles. The minimum absolute atomic E-state index is 0.0624. The van der Waals surface area contributed by atoms with Crippen LogP contribution in [-0.2, 0) is 25.5 Å². The maximum absolute atomic E-state index is 12.5. The molecule has 0 aliphatic heterocycles. The van der Waals surface area contributed by atoms with Gasteiger partial charge in [0.15, 0.2) is 0 Å². The molecule has 0 N–H and O–H groups in total. The van der Waals surface area contributed by atoms with E-state index in [1.165, 1.54) is 7.11 Å². The van der Waals surface area contributed by atoms with Crippen molar-refractivity contribution in [2.24, 2.45) is 0 Å². The Balaban J connectivity index is 2.44. The van der Waals surface area contributed by atoms with Crippen molar-refractivity contribution in [3.8, 4) is 0 Å². The Bertz CT molecular complexity index is 545. The van der Waals surface area contributed by atoms with Gasteiger partial charge < -0.3 is 14.4 Å². The lowest BCUT2D eigenvalue weighted by Gasteiger charge is -2.22. The molecule has 0 bridgehead atoms. The minimum atomic E-state index is -0.303. The average Bonchev–Trinajstić information content (AvgIpc) is 2.62. The van der Waals surface area contributed by atoms with Gasteiger partial charge in [-0.15, -0.1) is 0 Å². The number of esters is 1. The molecule has 1 aromatic carbocycles. The molecule has 1 amide bonds. The summed E-state index contributed by atoms with van der Waals surface area (Å²) in [4.78, 5) is 25.7. The third-order valence-electron chi connectivity index (χ3n) is 3.96. The largest absolute Gasteiger partial charge is 0.469 e. The van der Waals surface area contributed by atoms with Crippen LogP contribution in [0.15, 0.2) is 24.3 Å². The van der Waals surface area contributed by atoms with Crippen LogP contribution in [-0.4, -0.2) is 49.7 Å². The number of hydrogen-bond donors (Lipinski definition) is 0. The van der Waals surface area contributed by atoms with Crippen LogP contribution >= 0.6 is 11.6 Å². The second kappa shape index (κ2) is 12.7. The van der Waals surface area contributed by atoms with E-state index in [2.05, 4.69) is 4.74 Å². The summed E-state index contributed by atoms with van der Waals surface area (Å²) in [5, 5.41) is 0.711. The van der Waals surface area contributed by atoms with Gasteiger partial charge in [-0.05, 0) is 50.8 Å². The summed E-state index contributed by atoms with van der Waals surface area (Å²) < 4.78 is 10.2. The van der Waals surface area contributed by atoms with Crippen molar-refractivity contribution < 1.29 is 19.1 Å². The second-order valence-corrected chi connectivity index (χ2v) is 6.90. The van der Waals surface area contributed by atoms with E-state index in [9.17, 15) is 9.59 Å². The molecular formula is C20H30ClNO4. The molecule has 0 unspecified atom stereocenters. The zero-order valence-electron chi connectivity index (χ0n) is 16.0. The smallest absolute Gasteiger partial charge is 0.307 e. The van der Waals surface area contributed by atoms with Crippen molar-refractivity contribution in [1.82, 2.24) is 4.90 Å². The van der Waals surface area contributed by atoms with Crippen LogP contribution in [0.1, 0.15) is 45.1 Å². The van der Waals surface area contributed by atoms with Crippen LogP contribution in [0.3, 0.4) is 0 Å². The van der Waals surface area contributed by atoms with Crippen molar-refractivity contribution in [2.75, 3.05) is 26.8 Å². The van der Waals surface area contributed by atoms with E-state index in [1.807, 2.05) is 38.1 Å². The van der Waals surface area contributed by atoms with E-state index in [0.717, 1.165) is 24.8 Å². The summed E-state index contributed by atoms with van der Waals surface area (Å²) in [7, 11) is 1.36.